The Morgan fingerprint density at radius 1 is 1.32 bits per heavy atom. The second-order valence-corrected chi connectivity index (χ2v) is 5.59. The van der Waals surface area contributed by atoms with Gasteiger partial charge in [-0.2, -0.15) is 5.10 Å². The number of hydrogen-bond donors (Lipinski definition) is 2. The molecule has 7 heteroatoms. The summed E-state index contributed by atoms with van der Waals surface area (Å²) in [6.07, 6.45) is 1.84. The summed E-state index contributed by atoms with van der Waals surface area (Å²) in [6, 6.07) is 11.5. The van der Waals surface area contributed by atoms with E-state index in [1.165, 1.54) is 29.5 Å². The number of aryl methyl sites for hydroxylation is 1. The van der Waals surface area contributed by atoms with Crippen LogP contribution in [0.5, 0.6) is 0 Å². The number of carbonyl (C=O) groups is 1. The lowest BCUT2D eigenvalue weighted by molar-refractivity contribution is 0.0915. The fraction of sp³-hybridized carbons (Fsp3) is 0.167. The minimum atomic E-state index is -0.829. The molecule has 25 heavy (non-hydrogen) atoms. The number of aromatic nitrogens is 3. The molecule has 0 aliphatic rings. The highest BCUT2D eigenvalue weighted by atomic mass is 19.1. The lowest BCUT2D eigenvalue weighted by Crippen LogP contribution is -2.28. The van der Waals surface area contributed by atoms with Crippen molar-refractivity contribution >= 4 is 5.91 Å². The number of halogens is 1. The van der Waals surface area contributed by atoms with Gasteiger partial charge in [0.2, 0.25) is 0 Å². The maximum Gasteiger partial charge on any atom is 0.251 e. The number of amides is 1. The maximum atomic E-state index is 14.2. The Kier molecular flexibility index (Phi) is 4.85. The van der Waals surface area contributed by atoms with Crippen LogP contribution in [0.1, 0.15) is 27.6 Å². The summed E-state index contributed by atoms with van der Waals surface area (Å²) in [5.74, 6) is -1.05. The molecule has 128 valence electrons. The molecule has 2 N–H and O–H groups in total. The summed E-state index contributed by atoms with van der Waals surface area (Å²) in [6.45, 7) is 1.93. The van der Waals surface area contributed by atoms with Gasteiger partial charge in [-0.3, -0.25) is 4.79 Å². The lowest BCUT2D eigenvalue weighted by atomic mass is 10.0. The van der Waals surface area contributed by atoms with Gasteiger partial charge in [-0.05, 0) is 36.2 Å². The van der Waals surface area contributed by atoms with Crippen LogP contribution in [-0.2, 0) is 0 Å². The molecule has 1 aromatic heterocycles. The summed E-state index contributed by atoms with van der Waals surface area (Å²) in [7, 11) is 0. The Hall–Kier alpha value is -3.06. The van der Waals surface area contributed by atoms with E-state index in [2.05, 4.69) is 15.4 Å². The van der Waals surface area contributed by atoms with Crippen LogP contribution in [0.4, 0.5) is 4.39 Å². The van der Waals surface area contributed by atoms with Crippen molar-refractivity contribution in [1.29, 1.82) is 0 Å². The van der Waals surface area contributed by atoms with Crippen molar-refractivity contribution in [3.05, 3.63) is 77.6 Å². The van der Waals surface area contributed by atoms with Gasteiger partial charge in [0.25, 0.3) is 5.91 Å². The van der Waals surface area contributed by atoms with Gasteiger partial charge in [0.15, 0.2) is 0 Å². The number of nitrogens with one attached hydrogen (secondary N) is 1. The predicted molar refractivity (Wildman–Crippen MR) is 89.8 cm³/mol. The van der Waals surface area contributed by atoms with E-state index >= 15 is 0 Å². The first-order valence-corrected chi connectivity index (χ1v) is 7.72. The second kappa shape index (κ2) is 7.23. The van der Waals surface area contributed by atoms with Crippen LogP contribution in [0, 0.1) is 12.7 Å². The van der Waals surface area contributed by atoms with Crippen LogP contribution < -0.4 is 5.32 Å². The maximum absolute atomic E-state index is 14.2. The third-order valence-electron chi connectivity index (χ3n) is 3.88. The van der Waals surface area contributed by atoms with Gasteiger partial charge in [0.05, 0.1) is 6.10 Å². The van der Waals surface area contributed by atoms with Crippen molar-refractivity contribution < 1.29 is 14.3 Å². The number of benzene rings is 2. The summed E-state index contributed by atoms with van der Waals surface area (Å²) in [4.78, 5) is 16.0. The van der Waals surface area contributed by atoms with E-state index in [0.29, 0.717) is 0 Å². The molecule has 0 spiro atoms. The number of aliphatic hydroxyl groups is 1. The predicted octanol–water partition coefficient (Wildman–Crippen LogP) is 2.18. The molecule has 0 unspecified atom stereocenters. The summed E-state index contributed by atoms with van der Waals surface area (Å²) in [5.41, 5.74) is 2.05. The van der Waals surface area contributed by atoms with Crippen molar-refractivity contribution in [3.63, 3.8) is 0 Å². The standard InChI is InChI=1S/C18H17FN4O2/c1-12-4-2-3-5-14(12)17(24)9-21-18(25)13-6-7-16(15(19)8-13)23-11-20-10-22-23/h2-8,10-11,17,24H,9H2,1H3,(H,21,25)/t17-/m1/s1. The molecule has 3 rings (SSSR count). The van der Waals surface area contributed by atoms with Gasteiger partial charge in [-0.25, -0.2) is 14.1 Å². The van der Waals surface area contributed by atoms with Crippen molar-refractivity contribution in [2.45, 2.75) is 13.0 Å². The second-order valence-electron chi connectivity index (χ2n) is 5.59. The molecule has 0 fully saturated rings. The Labute approximate surface area is 144 Å². The van der Waals surface area contributed by atoms with Crippen molar-refractivity contribution in [3.8, 4) is 5.69 Å². The summed E-state index contributed by atoms with van der Waals surface area (Å²) < 4.78 is 15.4. The zero-order chi connectivity index (χ0) is 17.8. The molecule has 0 aliphatic heterocycles. The van der Waals surface area contributed by atoms with Crippen LogP contribution in [0.2, 0.25) is 0 Å². The van der Waals surface area contributed by atoms with Crippen LogP contribution in [0.25, 0.3) is 5.69 Å². The van der Waals surface area contributed by atoms with Gasteiger partial charge < -0.3 is 10.4 Å². The monoisotopic (exact) mass is 340 g/mol. The number of carbonyl (C=O) groups excluding carboxylic acids is 1. The quantitative estimate of drug-likeness (QED) is 0.746. The highest BCUT2D eigenvalue weighted by Crippen LogP contribution is 2.17. The minimum absolute atomic E-state index is 0.0378. The van der Waals surface area contributed by atoms with E-state index in [-0.39, 0.29) is 17.8 Å². The molecular formula is C18H17FN4O2. The van der Waals surface area contributed by atoms with Gasteiger partial charge in [0, 0.05) is 12.1 Å². The molecule has 0 saturated carbocycles. The lowest BCUT2D eigenvalue weighted by Gasteiger charge is -2.14. The van der Waals surface area contributed by atoms with Gasteiger partial charge in [0.1, 0.15) is 24.2 Å². The van der Waals surface area contributed by atoms with Crippen molar-refractivity contribution in [1.82, 2.24) is 20.1 Å². The van der Waals surface area contributed by atoms with E-state index in [0.717, 1.165) is 17.2 Å². The fourth-order valence-electron chi connectivity index (χ4n) is 2.53. The van der Waals surface area contributed by atoms with E-state index in [4.69, 9.17) is 0 Å². The number of nitrogens with zero attached hydrogens (tertiary/aromatic N) is 3. The Morgan fingerprint density at radius 2 is 2.12 bits per heavy atom. The number of aliphatic hydroxyl groups excluding tert-OH is 1. The average Bonchev–Trinajstić information content (AvgIpc) is 3.14. The van der Waals surface area contributed by atoms with Crippen LogP contribution >= 0.6 is 0 Å². The molecule has 3 aromatic rings. The zero-order valence-electron chi connectivity index (χ0n) is 13.6. The van der Waals surface area contributed by atoms with E-state index in [1.807, 2.05) is 25.1 Å². The van der Waals surface area contributed by atoms with E-state index in [1.54, 1.807) is 6.07 Å². The van der Waals surface area contributed by atoms with Gasteiger partial charge in [-0.15, -0.1) is 0 Å². The van der Waals surface area contributed by atoms with Crippen molar-refractivity contribution in [2.75, 3.05) is 6.54 Å². The normalized spacial score (nSPS) is 12.0. The molecule has 0 aliphatic carbocycles. The van der Waals surface area contributed by atoms with Crippen molar-refractivity contribution in [2.24, 2.45) is 0 Å². The summed E-state index contributed by atoms with van der Waals surface area (Å²) >= 11 is 0. The number of rotatable bonds is 5. The fourth-order valence-corrected chi connectivity index (χ4v) is 2.53. The van der Waals surface area contributed by atoms with E-state index in [9.17, 15) is 14.3 Å². The highest BCUT2D eigenvalue weighted by Gasteiger charge is 2.14. The molecule has 1 amide bonds. The molecule has 0 bridgehead atoms. The summed E-state index contributed by atoms with van der Waals surface area (Å²) in [5, 5.41) is 16.7. The van der Waals surface area contributed by atoms with Gasteiger partial charge >= 0.3 is 0 Å². The van der Waals surface area contributed by atoms with Crippen LogP contribution in [-0.4, -0.2) is 32.3 Å². The first-order valence-electron chi connectivity index (χ1n) is 7.72. The molecule has 1 atom stereocenters. The topological polar surface area (TPSA) is 80.0 Å². The zero-order valence-corrected chi connectivity index (χ0v) is 13.6. The third kappa shape index (κ3) is 3.72. The molecule has 2 aromatic carbocycles. The first-order chi connectivity index (χ1) is 12.1. The largest absolute Gasteiger partial charge is 0.387 e. The smallest absolute Gasteiger partial charge is 0.251 e. The SMILES string of the molecule is Cc1ccccc1[C@H](O)CNC(=O)c1ccc(-n2cncn2)c(F)c1. The molecule has 0 saturated heterocycles. The Balaban J connectivity index is 1.67. The number of hydrogen-bond acceptors (Lipinski definition) is 4. The third-order valence-corrected chi connectivity index (χ3v) is 3.88. The van der Waals surface area contributed by atoms with Crippen LogP contribution in [0.3, 0.4) is 0 Å². The molecule has 1 heterocycles. The van der Waals surface area contributed by atoms with Crippen LogP contribution in [0.15, 0.2) is 55.1 Å². The Morgan fingerprint density at radius 3 is 2.80 bits per heavy atom. The van der Waals surface area contributed by atoms with Gasteiger partial charge in [-0.1, -0.05) is 24.3 Å². The Bertz CT molecular complexity index is 881. The first kappa shape index (κ1) is 16.8. The highest BCUT2D eigenvalue weighted by molar-refractivity contribution is 5.94. The molecular weight excluding hydrogens is 323 g/mol. The molecule has 6 nitrogen and oxygen atoms in total. The minimum Gasteiger partial charge on any atom is -0.387 e. The molecule has 0 radical (unpaired) electrons. The van der Waals surface area contributed by atoms with E-state index < -0.39 is 17.8 Å². The average molecular weight is 340 g/mol.